The van der Waals surface area contributed by atoms with Crippen LogP contribution in [0.3, 0.4) is 0 Å². The molecule has 84 valence electrons. The van der Waals surface area contributed by atoms with Gasteiger partial charge in [-0.15, -0.1) is 12.4 Å². The summed E-state index contributed by atoms with van der Waals surface area (Å²) in [4.78, 5) is 10.4. The molecule has 4 heteroatoms. The van der Waals surface area contributed by atoms with Gasteiger partial charge < -0.3 is 10.8 Å². The van der Waals surface area contributed by atoms with E-state index in [4.69, 9.17) is 10.8 Å². The maximum atomic E-state index is 10.4. The Morgan fingerprint density at radius 2 is 1.93 bits per heavy atom. The number of carboxylic acid groups (broad SMARTS) is 1. The fraction of sp³-hybridized carbons (Fsp3) is 0.364. The zero-order valence-electron chi connectivity index (χ0n) is 8.64. The van der Waals surface area contributed by atoms with Gasteiger partial charge in [-0.1, -0.05) is 29.8 Å². The Balaban J connectivity index is 0.00000196. The molecule has 0 bridgehead atoms. The predicted octanol–water partition coefficient (Wildman–Crippen LogP) is 1.76. The molecule has 0 amide bonds. The van der Waals surface area contributed by atoms with E-state index in [0.717, 1.165) is 5.56 Å². The third kappa shape index (κ3) is 5.40. The number of hydrogen-bond acceptors (Lipinski definition) is 2. The van der Waals surface area contributed by atoms with Crippen molar-refractivity contribution in [3.8, 4) is 0 Å². The van der Waals surface area contributed by atoms with Gasteiger partial charge >= 0.3 is 5.97 Å². The molecule has 15 heavy (non-hydrogen) atoms. The summed E-state index contributed by atoms with van der Waals surface area (Å²) in [6, 6.07) is 7.68. The summed E-state index contributed by atoms with van der Waals surface area (Å²) in [5.74, 6) is -0.843. The van der Waals surface area contributed by atoms with Crippen molar-refractivity contribution in [2.24, 2.45) is 5.73 Å². The monoisotopic (exact) mass is 229 g/mol. The van der Waals surface area contributed by atoms with E-state index < -0.39 is 5.97 Å². The van der Waals surface area contributed by atoms with Crippen LogP contribution in [0.15, 0.2) is 24.3 Å². The van der Waals surface area contributed by atoms with Gasteiger partial charge in [-0.05, 0) is 18.9 Å². The number of aryl methyl sites for hydroxylation is 1. The molecule has 0 saturated heterocycles. The maximum Gasteiger partial charge on any atom is 0.304 e. The van der Waals surface area contributed by atoms with Gasteiger partial charge in [-0.2, -0.15) is 0 Å². The molecule has 3 nitrogen and oxygen atoms in total. The first-order valence-electron chi connectivity index (χ1n) is 4.61. The standard InChI is InChI=1S/C11H15NO2.ClH/c1-8-2-4-9(5-3-8)6-10(12)7-11(13)14;/h2-5,10H,6-7,12H2,1H3,(H,13,14);1H/t10-;/m0./s1. The van der Waals surface area contributed by atoms with Crippen LogP contribution in [0.5, 0.6) is 0 Å². The third-order valence-corrected chi connectivity index (χ3v) is 2.06. The number of hydrogen-bond donors (Lipinski definition) is 2. The molecular weight excluding hydrogens is 214 g/mol. The van der Waals surface area contributed by atoms with Crippen molar-refractivity contribution in [3.63, 3.8) is 0 Å². The topological polar surface area (TPSA) is 63.3 Å². The van der Waals surface area contributed by atoms with E-state index in [1.54, 1.807) is 0 Å². The normalized spacial score (nSPS) is 11.6. The van der Waals surface area contributed by atoms with Crippen molar-refractivity contribution in [1.82, 2.24) is 0 Å². The van der Waals surface area contributed by atoms with E-state index in [0.29, 0.717) is 6.42 Å². The quantitative estimate of drug-likeness (QED) is 0.827. The molecular formula is C11H16ClNO2. The molecule has 0 aliphatic carbocycles. The number of nitrogens with two attached hydrogens (primary N) is 1. The summed E-state index contributed by atoms with van der Waals surface area (Å²) >= 11 is 0. The zero-order chi connectivity index (χ0) is 10.6. The van der Waals surface area contributed by atoms with E-state index in [2.05, 4.69) is 0 Å². The Morgan fingerprint density at radius 1 is 1.40 bits per heavy atom. The largest absolute Gasteiger partial charge is 0.481 e. The molecule has 0 heterocycles. The molecule has 0 aliphatic heterocycles. The summed E-state index contributed by atoms with van der Waals surface area (Å²) in [5, 5.41) is 8.53. The average molecular weight is 230 g/mol. The molecule has 0 spiro atoms. The second-order valence-corrected chi connectivity index (χ2v) is 3.55. The van der Waals surface area contributed by atoms with Gasteiger partial charge in [0.25, 0.3) is 0 Å². The van der Waals surface area contributed by atoms with Gasteiger partial charge in [0.1, 0.15) is 0 Å². The highest BCUT2D eigenvalue weighted by Gasteiger charge is 2.08. The highest BCUT2D eigenvalue weighted by atomic mass is 35.5. The number of halogens is 1. The van der Waals surface area contributed by atoms with E-state index in [1.165, 1.54) is 5.56 Å². The van der Waals surface area contributed by atoms with E-state index in [-0.39, 0.29) is 24.9 Å². The maximum absolute atomic E-state index is 10.4. The highest BCUT2D eigenvalue weighted by Crippen LogP contribution is 2.06. The Labute approximate surface area is 95.7 Å². The molecule has 0 fully saturated rings. The van der Waals surface area contributed by atoms with Crippen LogP contribution in [0.4, 0.5) is 0 Å². The lowest BCUT2D eigenvalue weighted by atomic mass is 10.0. The number of benzene rings is 1. The molecule has 0 saturated carbocycles. The Bertz CT molecular complexity index is 311. The van der Waals surface area contributed by atoms with Gasteiger partial charge in [0.15, 0.2) is 0 Å². The highest BCUT2D eigenvalue weighted by molar-refractivity contribution is 5.85. The SMILES string of the molecule is Cc1ccc(C[C@H](N)CC(=O)O)cc1.Cl. The van der Waals surface area contributed by atoms with Gasteiger partial charge in [-0.25, -0.2) is 0 Å². The van der Waals surface area contributed by atoms with E-state index in [1.807, 2.05) is 31.2 Å². The Hall–Kier alpha value is -1.06. The first-order chi connectivity index (χ1) is 6.58. The summed E-state index contributed by atoms with van der Waals surface area (Å²) in [5.41, 5.74) is 7.95. The summed E-state index contributed by atoms with van der Waals surface area (Å²) < 4.78 is 0. The van der Waals surface area contributed by atoms with Gasteiger partial charge in [0.05, 0.1) is 6.42 Å². The number of rotatable bonds is 4. The number of carbonyl (C=O) groups is 1. The minimum Gasteiger partial charge on any atom is -0.481 e. The van der Waals surface area contributed by atoms with Crippen molar-refractivity contribution in [2.75, 3.05) is 0 Å². The van der Waals surface area contributed by atoms with E-state index >= 15 is 0 Å². The zero-order valence-corrected chi connectivity index (χ0v) is 9.46. The van der Waals surface area contributed by atoms with Gasteiger partial charge in [0, 0.05) is 6.04 Å². The van der Waals surface area contributed by atoms with Crippen molar-refractivity contribution >= 4 is 18.4 Å². The van der Waals surface area contributed by atoms with Crippen molar-refractivity contribution in [2.45, 2.75) is 25.8 Å². The lowest BCUT2D eigenvalue weighted by Gasteiger charge is -2.08. The van der Waals surface area contributed by atoms with Crippen LogP contribution in [-0.2, 0) is 11.2 Å². The third-order valence-electron chi connectivity index (χ3n) is 2.06. The van der Waals surface area contributed by atoms with Crippen LogP contribution < -0.4 is 5.73 Å². The molecule has 1 aromatic rings. The lowest BCUT2D eigenvalue weighted by Crippen LogP contribution is -2.26. The predicted molar refractivity (Wildman–Crippen MR) is 62.4 cm³/mol. The molecule has 0 unspecified atom stereocenters. The van der Waals surface area contributed by atoms with Crippen molar-refractivity contribution < 1.29 is 9.90 Å². The van der Waals surface area contributed by atoms with Crippen molar-refractivity contribution in [3.05, 3.63) is 35.4 Å². The van der Waals surface area contributed by atoms with Crippen LogP contribution in [0.1, 0.15) is 17.5 Å². The molecule has 0 aromatic heterocycles. The minimum absolute atomic E-state index is 0. The fourth-order valence-electron chi connectivity index (χ4n) is 1.32. The Kier molecular flexibility index (Phi) is 5.97. The second kappa shape index (κ2) is 6.43. The molecule has 1 aromatic carbocycles. The number of aliphatic carboxylic acids is 1. The van der Waals surface area contributed by atoms with Crippen LogP contribution in [0, 0.1) is 6.92 Å². The first kappa shape index (κ1) is 13.9. The second-order valence-electron chi connectivity index (χ2n) is 3.55. The summed E-state index contributed by atoms with van der Waals surface area (Å²) in [6.07, 6.45) is 0.639. The molecule has 1 rings (SSSR count). The molecule has 1 atom stereocenters. The van der Waals surface area contributed by atoms with Gasteiger partial charge in [-0.3, -0.25) is 4.79 Å². The average Bonchev–Trinajstić information content (AvgIpc) is 2.07. The lowest BCUT2D eigenvalue weighted by molar-refractivity contribution is -0.137. The first-order valence-corrected chi connectivity index (χ1v) is 4.61. The molecule has 0 aliphatic rings. The summed E-state index contributed by atoms with van der Waals surface area (Å²) in [7, 11) is 0. The van der Waals surface area contributed by atoms with Crippen molar-refractivity contribution in [1.29, 1.82) is 0 Å². The van der Waals surface area contributed by atoms with Crippen LogP contribution in [0.2, 0.25) is 0 Å². The van der Waals surface area contributed by atoms with Crippen LogP contribution in [0.25, 0.3) is 0 Å². The molecule has 0 radical (unpaired) electrons. The smallest absolute Gasteiger partial charge is 0.304 e. The fourth-order valence-corrected chi connectivity index (χ4v) is 1.32. The van der Waals surface area contributed by atoms with E-state index in [9.17, 15) is 4.79 Å². The van der Waals surface area contributed by atoms with Crippen LogP contribution in [-0.4, -0.2) is 17.1 Å². The van der Waals surface area contributed by atoms with Crippen LogP contribution >= 0.6 is 12.4 Å². The number of carboxylic acids is 1. The molecule has 3 N–H and O–H groups in total. The minimum atomic E-state index is -0.843. The van der Waals surface area contributed by atoms with Gasteiger partial charge in [0.2, 0.25) is 0 Å². The Morgan fingerprint density at radius 3 is 2.40 bits per heavy atom. The summed E-state index contributed by atoms with van der Waals surface area (Å²) in [6.45, 7) is 2.01.